The minimum atomic E-state index is -0.699. The number of piperazine rings is 1. The summed E-state index contributed by atoms with van der Waals surface area (Å²) in [5.74, 6) is -0.357. The maximum Gasteiger partial charge on any atom is 0.410 e. The van der Waals surface area contributed by atoms with E-state index in [1.165, 1.54) is 9.80 Å². The Kier molecular flexibility index (Phi) is 7.83. The van der Waals surface area contributed by atoms with Crippen LogP contribution >= 0.6 is 0 Å². The number of amides is 3. The van der Waals surface area contributed by atoms with Crippen molar-refractivity contribution in [1.82, 2.24) is 15.1 Å². The van der Waals surface area contributed by atoms with Crippen LogP contribution in [0, 0.1) is 0 Å². The second-order valence-corrected chi connectivity index (χ2v) is 7.77. The average molecular weight is 407 g/mol. The summed E-state index contributed by atoms with van der Waals surface area (Å²) in [7, 11) is 0. The molecule has 1 heterocycles. The second-order valence-electron chi connectivity index (χ2n) is 7.77. The smallest absolute Gasteiger partial charge is 0.410 e. The molecule has 9 heteroatoms. The van der Waals surface area contributed by atoms with Gasteiger partial charge in [-0.15, -0.1) is 0 Å². The van der Waals surface area contributed by atoms with Gasteiger partial charge in [-0.1, -0.05) is 30.3 Å². The van der Waals surface area contributed by atoms with Crippen LogP contribution in [-0.4, -0.2) is 77.4 Å². The first-order valence-electron chi connectivity index (χ1n) is 9.52. The van der Waals surface area contributed by atoms with E-state index in [1.54, 1.807) is 20.8 Å². The molecule has 0 saturated carbocycles. The number of nitrogens with one attached hydrogen (secondary N) is 1. The Morgan fingerprint density at radius 2 is 1.86 bits per heavy atom. The van der Waals surface area contributed by atoms with Crippen molar-refractivity contribution in [1.29, 1.82) is 0 Å². The van der Waals surface area contributed by atoms with Crippen LogP contribution < -0.4 is 5.32 Å². The molecule has 3 amide bonds. The van der Waals surface area contributed by atoms with E-state index in [0.29, 0.717) is 0 Å². The highest BCUT2D eigenvalue weighted by molar-refractivity contribution is 5.82. The molecule has 0 bridgehead atoms. The van der Waals surface area contributed by atoms with Gasteiger partial charge in [0, 0.05) is 19.6 Å². The molecule has 160 valence electrons. The number of benzene rings is 1. The standard InChI is InChI=1S/C20H29N3O6/c1-20(2,3)29-19(27)22-9-10-23(16(12-22)13-24)17(25)11-21-18(26)28-14-15-7-5-4-6-8-15/h4-8,16,24H,9-14H2,1-3H3,(H,21,26). The lowest BCUT2D eigenvalue weighted by molar-refractivity contribution is -0.136. The number of aliphatic hydroxyl groups excluding tert-OH is 1. The third-order valence-electron chi connectivity index (χ3n) is 4.26. The van der Waals surface area contributed by atoms with E-state index in [2.05, 4.69) is 5.32 Å². The van der Waals surface area contributed by atoms with Crippen LogP contribution in [0.3, 0.4) is 0 Å². The molecule has 29 heavy (non-hydrogen) atoms. The molecule has 1 fully saturated rings. The maximum absolute atomic E-state index is 12.5. The number of rotatable bonds is 5. The third-order valence-corrected chi connectivity index (χ3v) is 4.26. The number of hydrogen-bond acceptors (Lipinski definition) is 6. The van der Waals surface area contributed by atoms with Crippen LogP contribution in [0.2, 0.25) is 0 Å². The van der Waals surface area contributed by atoms with Crippen molar-refractivity contribution in [3.05, 3.63) is 35.9 Å². The first-order valence-corrected chi connectivity index (χ1v) is 9.52. The Balaban J connectivity index is 1.79. The molecule has 1 aromatic carbocycles. The Morgan fingerprint density at radius 1 is 1.17 bits per heavy atom. The van der Waals surface area contributed by atoms with Crippen LogP contribution in [0.25, 0.3) is 0 Å². The summed E-state index contributed by atoms with van der Waals surface area (Å²) in [4.78, 5) is 39.4. The molecule has 0 aromatic heterocycles. The summed E-state index contributed by atoms with van der Waals surface area (Å²) in [5.41, 5.74) is 0.218. The topological polar surface area (TPSA) is 108 Å². The number of carbonyl (C=O) groups excluding carboxylic acids is 3. The SMILES string of the molecule is CC(C)(C)OC(=O)N1CCN(C(=O)CNC(=O)OCc2ccccc2)C(CO)C1. The fourth-order valence-corrected chi connectivity index (χ4v) is 2.86. The number of ether oxygens (including phenoxy) is 2. The minimum Gasteiger partial charge on any atom is -0.445 e. The quantitative estimate of drug-likeness (QED) is 0.763. The zero-order valence-corrected chi connectivity index (χ0v) is 17.1. The van der Waals surface area contributed by atoms with Crippen molar-refractivity contribution in [2.24, 2.45) is 0 Å². The highest BCUT2D eigenvalue weighted by Gasteiger charge is 2.34. The highest BCUT2D eigenvalue weighted by atomic mass is 16.6. The molecule has 0 spiro atoms. The summed E-state index contributed by atoms with van der Waals surface area (Å²) < 4.78 is 10.4. The van der Waals surface area contributed by atoms with Gasteiger partial charge in [-0.3, -0.25) is 4.79 Å². The molecule has 1 saturated heterocycles. The second kappa shape index (κ2) is 10.1. The highest BCUT2D eigenvalue weighted by Crippen LogP contribution is 2.15. The van der Waals surface area contributed by atoms with Crippen molar-refractivity contribution >= 4 is 18.1 Å². The van der Waals surface area contributed by atoms with E-state index in [0.717, 1.165) is 5.56 Å². The van der Waals surface area contributed by atoms with Gasteiger partial charge in [0.25, 0.3) is 0 Å². The van der Waals surface area contributed by atoms with Gasteiger partial charge in [0.1, 0.15) is 18.8 Å². The number of nitrogens with zero attached hydrogens (tertiary/aromatic N) is 2. The number of hydrogen-bond donors (Lipinski definition) is 2. The molecule has 1 atom stereocenters. The first kappa shape index (κ1) is 22.5. The summed E-state index contributed by atoms with van der Waals surface area (Å²) in [5, 5.41) is 12.1. The largest absolute Gasteiger partial charge is 0.445 e. The number of aliphatic hydroxyl groups is 1. The van der Waals surface area contributed by atoms with Gasteiger partial charge < -0.3 is 29.7 Å². The van der Waals surface area contributed by atoms with Crippen LogP contribution in [0.15, 0.2) is 30.3 Å². The zero-order chi connectivity index (χ0) is 21.4. The molecule has 1 aliphatic rings. The molecular weight excluding hydrogens is 378 g/mol. The summed E-state index contributed by atoms with van der Waals surface area (Å²) >= 11 is 0. The van der Waals surface area contributed by atoms with Crippen molar-refractivity contribution in [3.8, 4) is 0 Å². The fourth-order valence-electron chi connectivity index (χ4n) is 2.86. The molecule has 9 nitrogen and oxygen atoms in total. The average Bonchev–Trinajstić information content (AvgIpc) is 2.69. The predicted octanol–water partition coefficient (Wildman–Crippen LogP) is 1.35. The van der Waals surface area contributed by atoms with Crippen molar-refractivity contribution in [3.63, 3.8) is 0 Å². The molecule has 1 aliphatic heterocycles. The van der Waals surface area contributed by atoms with E-state index in [1.807, 2.05) is 30.3 Å². The Labute approximate surface area is 170 Å². The van der Waals surface area contributed by atoms with Gasteiger partial charge in [-0.25, -0.2) is 9.59 Å². The van der Waals surface area contributed by atoms with Crippen molar-refractivity contribution in [2.75, 3.05) is 32.8 Å². The maximum atomic E-state index is 12.5. The van der Waals surface area contributed by atoms with Crippen molar-refractivity contribution in [2.45, 2.75) is 39.0 Å². The van der Waals surface area contributed by atoms with Crippen molar-refractivity contribution < 1.29 is 29.0 Å². The summed E-state index contributed by atoms with van der Waals surface area (Å²) in [6, 6.07) is 8.63. The Morgan fingerprint density at radius 3 is 2.48 bits per heavy atom. The minimum absolute atomic E-state index is 0.106. The first-order chi connectivity index (χ1) is 13.7. The van der Waals surface area contributed by atoms with Crippen LogP contribution in [-0.2, 0) is 20.9 Å². The fraction of sp³-hybridized carbons (Fsp3) is 0.550. The van der Waals surface area contributed by atoms with Crippen LogP contribution in [0.5, 0.6) is 0 Å². The summed E-state index contributed by atoms with van der Waals surface area (Å²) in [6.45, 7) is 5.56. The normalized spacial score (nSPS) is 16.9. The molecule has 0 aliphatic carbocycles. The van der Waals surface area contributed by atoms with Gasteiger partial charge in [-0.2, -0.15) is 0 Å². The Hall–Kier alpha value is -2.81. The number of alkyl carbamates (subject to hydrolysis) is 1. The van der Waals surface area contributed by atoms with Crippen LogP contribution in [0.4, 0.5) is 9.59 Å². The summed E-state index contributed by atoms with van der Waals surface area (Å²) in [6.07, 6.45) is -1.18. The van der Waals surface area contributed by atoms with Gasteiger partial charge in [0.05, 0.1) is 12.6 Å². The molecule has 1 unspecified atom stereocenters. The molecule has 1 aromatic rings. The Bertz CT molecular complexity index is 704. The monoisotopic (exact) mass is 407 g/mol. The van der Waals surface area contributed by atoms with Gasteiger partial charge in [-0.05, 0) is 26.3 Å². The van der Waals surface area contributed by atoms with Gasteiger partial charge >= 0.3 is 12.2 Å². The van der Waals surface area contributed by atoms with E-state index >= 15 is 0 Å². The van der Waals surface area contributed by atoms with Gasteiger partial charge in [0.2, 0.25) is 5.91 Å². The van der Waals surface area contributed by atoms with E-state index in [9.17, 15) is 19.5 Å². The van der Waals surface area contributed by atoms with Crippen LogP contribution in [0.1, 0.15) is 26.3 Å². The molecule has 2 N–H and O–H groups in total. The molecule has 0 radical (unpaired) electrons. The molecule has 2 rings (SSSR count). The predicted molar refractivity (Wildman–Crippen MR) is 105 cm³/mol. The number of carbonyl (C=O) groups is 3. The lowest BCUT2D eigenvalue weighted by Gasteiger charge is -2.40. The van der Waals surface area contributed by atoms with E-state index < -0.39 is 23.8 Å². The van der Waals surface area contributed by atoms with E-state index in [-0.39, 0.29) is 45.3 Å². The molecular formula is C20H29N3O6. The third kappa shape index (κ3) is 7.26. The van der Waals surface area contributed by atoms with E-state index in [4.69, 9.17) is 9.47 Å². The van der Waals surface area contributed by atoms with Gasteiger partial charge in [0.15, 0.2) is 0 Å². The zero-order valence-electron chi connectivity index (χ0n) is 17.1. The lowest BCUT2D eigenvalue weighted by Crippen LogP contribution is -2.59. The lowest BCUT2D eigenvalue weighted by atomic mass is 10.1.